The largest absolute Gasteiger partial charge is 0.738 e. The highest BCUT2D eigenvalue weighted by molar-refractivity contribution is 8.14. The van der Waals surface area contributed by atoms with E-state index in [1.54, 1.807) is 35.2 Å². The minimum atomic E-state index is -4.44. The van der Waals surface area contributed by atoms with E-state index in [-0.39, 0.29) is 16.5 Å². The number of carbonyl (C=O) groups is 1. The molecule has 0 spiro atoms. The van der Waals surface area contributed by atoms with E-state index >= 15 is 8.63 Å². The van der Waals surface area contributed by atoms with Gasteiger partial charge in [-0.15, -0.1) is 5.10 Å². The molecular weight excluding hydrogens is 744 g/mol. The van der Waals surface area contributed by atoms with Gasteiger partial charge in [-0.3, -0.25) is 4.68 Å². The highest BCUT2D eigenvalue weighted by Crippen LogP contribution is 2.56. The molecule has 6 aromatic rings. The molecule has 8 rings (SSSR count). The lowest BCUT2D eigenvalue weighted by atomic mass is 9.86. The van der Waals surface area contributed by atoms with Gasteiger partial charge in [0.2, 0.25) is 0 Å². The lowest BCUT2D eigenvalue weighted by molar-refractivity contribution is -0.358. The highest BCUT2D eigenvalue weighted by atomic mass is 32.2. The van der Waals surface area contributed by atoms with Crippen molar-refractivity contribution in [3.63, 3.8) is 0 Å². The van der Waals surface area contributed by atoms with Crippen LogP contribution in [0.1, 0.15) is 29.7 Å². The molecule has 0 amide bonds. The van der Waals surface area contributed by atoms with Crippen LogP contribution in [0.2, 0.25) is 0 Å². The van der Waals surface area contributed by atoms with E-state index in [1.165, 1.54) is 15.9 Å². The van der Waals surface area contributed by atoms with Crippen LogP contribution in [0.4, 0.5) is 8.63 Å². The second-order valence-electron chi connectivity index (χ2n) is 14.1. The molecule has 4 aromatic carbocycles. The number of unbranched alkanes of at least 4 members (excludes halogenated alkanes) is 1. The van der Waals surface area contributed by atoms with Crippen LogP contribution in [0.25, 0.3) is 17.0 Å². The van der Waals surface area contributed by atoms with Gasteiger partial charge in [0.1, 0.15) is 34.9 Å². The Hall–Kier alpha value is -5.42. The molecule has 0 saturated heterocycles. The van der Waals surface area contributed by atoms with Crippen LogP contribution in [0.3, 0.4) is 0 Å². The summed E-state index contributed by atoms with van der Waals surface area (Å²) in [5.41, 5.74) is 9.45. The standard InChI is InChI=1S/C43H40BF2N6O2PS/c1-31-19-21-32(22-20-31)42-39-24-23-38(51(39)44(45,46)52-40(42)25-26-41(52)56-30-36(47)43(53)54)37-29-50(49-48-37)27-11-12-28-55(33-13-5-2-6-14-33,34-15-7-3-8-16-34)35-17-9-4-10-18-35/h2-10,13-26,29,36H,11-12,27-28,30,47H2,1H3/q+1/t36-/m0/s1. The van der Waals surface area contributed by atoms with Gasteiger partial charge < -0.3 is 23.3 Å². The Morgan fingerprint density at radius 3 is 2.00 bits per heavy atom. The maximum absolute atomic E-state index is 17.0. The summed E-state index contributed by atoms with van der Waals surface area (Å²) in [5, 5.41) is 24.4. The van der Waals surface area contributed by atoms with Gasteiger partial charge in [-0.2, -0.15) is 0 Å². The summed E-state index contributed by atoms with van der Waals surface area (Å²) < 4.78 is 37.9. The van der Waals surface area contributed by atoms with Crippen LogP contribution in [-0.2, 0) is 16.4 Å². The first-order chi connectivity index (χ1) is 27.2. The molecule has 2 aromatic heterocycles. The third-order valence-corrected chi connectivity index (χ3v) is 16.2. The predicted molar refractivity (Wildman–Crippen MR) is 224 cm³/mol. The van der Waals surface area contributed by atoms with Crippen molar-refractivity contribution in [1.82, 2.24) is 19.5 Å². The van der Waals surface area contributed by atoms with E-state index < -0.39 is 26.2 Å². The van der Waals surface area contributed by atoms with Crippen molar-refractivity contribution in [2.75, 3.05) is 11.9 Å². The summed E-state index contributed by atoms with van der Waals surface area (Å²) in [7, 11) is -1.99. The number of rotatable bonds is 13. The van der Waals surface area contributed by atoms with Crippen molar-refractivity contribution in [3.05, 3.63) is 168 Å². The summed E-state index contributed by atoms with van der Waals surface area (Å²) in [6.07, 6.45) is 7.69. The van der Waals surface area contributed by atoms with Crippen LogP contribution in [0.5, 0.6) is 0 Å². The van der Waals surface area contributed by atoms with E-state index in [0.717, 1.165) is 50.9 Å². The molecule has 1 radical (unpaired) electrons. The third kappa shape index (κ3) is 6.87. The maximum atomic E-state index is 17.0. The fourth-order valence-electron chi connectivity index (χ4n) is 7.80. The van der Waals surface area contributed by atoms with Gasteiger partial charge in [0, 0.05) is 35.8 Å². The van der Waals surface area contributed by atoms with E-state index in [1.807, 2.05) is 31.2 Å². The summed E-state index contributed by atoms with van der Waals surface area (Å²) in [6.45, 7) is -1.90. The molecule has 2 aliphatic heterocycles. The van der Waals surface area contributed by atoms with Crippen molar-refractivity contribution in [3.8, 4) is 11.4 Å². The Morgan fingerprint density at radius 1 is 0.821 bits per heavy atom. The van der Waals surface area contributed by atoms with Gasteiger partial charge in [0.15, 0.2) is 10.7 Å². The summed E-state index contributed by atoms with van der Waals surface area (Å²) in [4.78, 5) is 11.4. The molecule has 0 unspecified atom stereocenters. The molecule has 0 fully saturated rings. The monoisotopic (exact) mass is 784 g/mol. The smallest absolute Gasteiger partial charge is 0.389 e. The molecule has 0 bridgehead atoms. The molecule has 56 heavy (non-hydrogen) atoms. The van der Waals surface area contributed by atoms with Crippen LogP contribution in [0, 0.1) is 6.92 Å². The second kappa shape index (κ2) is 15.6. The van der Waals surface area contributed by atoms with Crippen molar-refractivity contribution in [2.24, 2.45) is 5.73 Å². The summed E-state index contributed by atoms with van der Waals surface area (Å²) >= 11 is 0.968. The molecule has 0 saturated carbocycles. The van der Waals surface area contributed by atoms with E-state index in [4.69, 9.17) is 5.73 Å². The first kappa shape index (κ1) is 37.5. The van der Waals surface area contributed by atoms with Gasteiger partial charge in [-0.05, 0) is 73.9 Å². The van der Waals surface area contributed by atoms with E-state index in [2.05, 4.69) is 101 Å². The summed E-state index contributed by atoms with van der Waals surface area (Å²) in [6, 6.07) is 42.2. The lowest BCUT2D eigenvalue weighted by Gasteiger charge is -2.33. The highest BCUT2D eigenvalue weighted by Gasteiger charge is 2.55. The Bertz CT molecular complexity index is 2370. The average Bonchev–Trinajstić information content (AvgIpc) is 3.99. The summed E-state index contributed by atoms with van der Waals surface area (Å²) in [5.74, 6) is -1.56. The van der Waals surface area contributed by atoms with Gasteiger partial charge in [-0.25, -0.2) is 9.90 Å². The predicted octanol–water partition coefficient (Wildman–Crippen LogP) is 6.82. The molecule has 1 atom stereocenters. The number of thioether (sulfide) groups is 1. The van der Waals surface area contributed by atoms with Crippen molar-refractivity contribution in [2.45, 2.75) is 32.4 Å². The maximum Gasteiger partial charge on any atom is 0.738 e. The SMILES string of the molecule is Cc1ccc(C2=C3C=CC(SC[C@H](N)C([O])=O)=[N+]3[B-](F)(F)n3c2ccc3-c2cn(CCCC[P+](c3ccccc3)(c3ccccc3)c3ccccc3)nn2)cc1. The lowest BCUT2D eigenvalue weighted by Crippen LogP contribution is -2.51. The molecule has 2 N–H and O–H groups in total. The van der Waals surface area contributed by atoms with E-state index in [9.17, 15) is 9.90 Å². The minimum absolute atomic E-state index is 0.122. The van der Waals surface area contributed by atoms with Gasteiger partial charge in [0.25, 0.3) is 0 Å². The third-order valence-electron chi connectivity index (χ3n) is 10.5. The number of fused-ring (bicyclic) bond motifs is 2. The Labute approximate surface area is 329 Å². The van der Waals surface area contributed by atoms with Gasteiger partial charge in [0.05, 0.1) is 17.9 Å². The van der Waals surface area contributed by atoms with Gasteiger partial charge >= 0.3 is 12.9 Å². The Kier molecular flexibility index (Phi) is 10.5. The molecule has 8 nitrogen and oxygen atoms in total. The van der Waals surface area contributed by atoms with E-state index in [0.29, 0.717) is 29.2 Å². The normalized spacial score (nSPS) is 15.2. The quantitative estimate of drug-likeness (QED) is 0.0788. The number of hydrogen-bond acceptors (Lipinski definition) is 5. The topological polar surface area (TPSA) is 102 Å². The van der Waals surface area contributed by atoms with Gasteiger partial charge in [-0.1, -0.05) is 101 Å². The zero-order valence-electron chi connectivity index (χ0n) is 30.8. The number of nitrogens with two attached hydrogens (primary N) is 1. The molecule has 13 heteroatoms. The molecule has 281 valence electrons. The second-order valence-corrected chi connectivity index (χ2v) is 18.7. The van der Waals surface area contributed by atoms with Crippen LogP contribution < -0.4 is 21.6 Å². The van der Waals surface area contributed by atoms with Crippen molar-refractivity contribution in [1.29, 1.82) is 0 Å². The number of allylic oxidation sites excluding steroid dienone is 1. The number of hydrogen-bond donors (Lipinski definition) is 1. The molecular formula is C43H40BF2N6O2PS+. The molecule has 4 heterocycles. The average molecular weight is 785 g/mol. The number of nitrogens with zero attached hydrogens (tertiary/aromatic N) is 5. The van der Waals surface area contributed by atoms with Crippen molar-refractivity contribution >= 4 is 58.5 Å². The first-order valence-corrected chi connectivity index (χ1v) is 21.6. The Morgan fingerprint density at radius 2 is 1.41 bits per heavy atom. The van der Waals surface area contributed by atoms with Crippen LogP contribution >= 0.6 is 19.0 Å². The number of carbonyl (C=O) groups excluding carboxylic acids is 1. The van der Waals surface area contributed by atoms with Crippen LogP contribution in [0.15, 0.2) is 151 Å². The zero-order chi connectivity index (χ0) is 38.9. The minimum Gasteiger partial charge on any atom is -0.389 e. The fraction of sp³-hybridized carbons (Fsp3) is 0.163. The number of aryl methyl sites for hydroxylation is 2. The number of aromatic nitrogens is 4. The Balaban J connectivity index is 1.09. The first-order valence-electron chi connectivity index (χ1n) is 18.6. The zero-order valence-corrected chi connectivity index (χ0v) is 32.5. The molecule has 2 aliphatic rings. The van der Waals surface area contributed by atoms with Crippen LogP contribution in [-0.4, -0.2) is 59.9 Å². The number of benzene rings is 4. The van der Waals surface area contributed by atoms with Crippen molar-refractivity contribution < 1.29 is 23.0 Å². The molecule has 0 aliphatic carbocycles. The number of halogens is 2. The fourth-order valence-corrected chi connectivity index (χ4v) is 13.2.